The highest BCUT2D eigenvalue weighted by atomic mass is 35.5. The smallest absolute Gasteiger partial charge is 0.150 e. The number of halogens is 1. The minimum atomic E-state index is -0.0275. The molecule has 1 aliphatic heterocycles. The van der Waals surface area contributed by atoms with Crippen molar-refractivity contribution < 1.29 is 5.11 Å². The van der Waals surface area contributed by atoms with Crippen molar-refractivity contribution in [1.29, 1.82) is 0 Å². The molecule has 78 valence electrons. The van der Waals surface area contributed by atoms with Crippen molar-refractivity contribution in [2.75, 3.05) is 6.61 Å². The summed E-state index contributed by atoms with van der Waals surface area (Å²) in [6.07, 6.45) is 3.45. The summed E-state index contributed by atoms with van der Waals surface area (Å²) < 4.78 is 1.97. The zero-order valence-electron chi connectivity index (χ0n) is 7.91. The van der Waals surface area contributed by atoms with Crippen LogP contribution in [0, 0.1) is 0 Å². The van der Waals surface area contributed by atoms with Crippen LogP contribution < -0.4 is 5.73 Å². The van der Waals surface area contributed by atoms with Crippen molar-refractivity contribution in [3.63, 3.8) is 0 Å². The molecule has 0 fully saturated rings. The molecule has 0 saturated carbocycles. The Bertz CT molecular complexity index is 337. The lowest BCUT2D eigenvalue weighted by atomic mass is 10.1. The van der Waals surface area contributed by atoms with E-state index < -0.39 is 0 Å². The highest BCUT2D eigenvalue weighted by molar-refractivity contribution is 6.30. The number of aliphatic hydroxyl groups excluding tert-OH is 1. The quantitative estimate of drug-likeness (QED) is 0.770. The van der Waals surface area contributed by atoms with E-state index in [0.29, 0.717) is 11.6 Å². The number of hydrogen-bond donors (Lipinski definition) is 2. The number of rotatable bonds is 2. The fraction of sp³-hybridized carbons (Fsp3) is 0.667. The second-order valence-electron chi connectivity index (χ2n) is 3.57. The van der Waals surface area contributed by atoms with Crippen LogP contribution in [0.1, 0.15) is 30.5 Å². The molecule has 1 aromatic heterocycles. The van der Waals surface area contributed by atoms with Crippen LogP contribution in [0.3, 0.4) is 0 Å². The molecular formula is C9H14ClN3O. The molecule has 0 aliphatic carbocycles. The first-order chi connectivity index (χ1) is 6.74. The Morgan fingerprint density at radius 2 is 2.43 bits per heavy atom. The molecule has 2 rings (SSSR count). The normalized spacial score (nSPS) is 20.9. The van der Waals surface area contributed by atoms with Gasteiger partial charge in [-0.05, 0) is 19.3 Å². The molecule has 1 aliphatic rings. The van der Waals surface area contributed by atoms with E-state index in [-0.39, 0.29) is 12.8 Å². The molecule has 0 amide bonds. The zero-order valence-corrected chi connectivity index (χ0v) is 8.67. The molecule has 0 radical (unpaired) electrons. The summed E-state index contributed by atoms with van der Waals surface area (Å²) in [7, 11) is 0. The van der Waals surface area contributed by atoms with Crippen LogP contribution in [-0.2, 0) is 12.8 Å². The number of fused-ring (bicyclic) bond motifs is 1. The van der Waals surface area contributed by atoms with E-state index in [2.05, 4.69) is 4.98 Å². The molecule has 5 heteroatoms. The van der Waals surface area contributed by atoms with Crippen LogP contribution in [0.15, 0.2) is 0 Å². The minimum absolute atomic E-state index is 0.0275. The van der Waals surface area contributed by atoms with Crippen LogP contribution in [0.2, 0.25) is 5.15 Å². The van der Waals surface area contributed by atoms with E-state index in [9.17, 15) is 0 Å². The molecule has 0 aromatic carbocycles. The summed E-state index contributed by atoms with van der Waals surface area (Å²) in [5.41, 5.74) is 7.00. The van der Waals surface area contributed by atoms with Gasteiger partial charge in [0.25, 0.3) is 0 Å². The van der Waals surface area contributed by atoms with Crippen LogP contribution in [0.4, 0.5) is 0 Å². The van der Waals surface area contributed by atoms with Crippen molar-refractivity contribution >= 4 is 11.6 Å². The predicted molar refractivity (Wildman–Crippen MR) is 54.2 cm³/mol. The zero-order chi connectivity index (χ0) is 10.1. The fourth-order valence-corrected chi connectivity index (χ4v) is 2.27. The second-order valence-corrected chi connectivity index (χ2v) is 3.93. The minimum Gasteiger partial charge on any atom is -0.396 e. The van der Waals surface area contributed by atoms with Crippen LogP contribution in [0.5, 0.6) is 0 Å². The van der Waals surface area contributed by atoms with Crippen molar-refractivity contribution in [2.24, 2.45) is 5.73 Å². The summed E-state index contributed by atoms with van der Waals surface area (Å²) in [4.78, 5) is 4.22. The van der Waals surface area contributed by atoms with E-state index in [1.165, 1.54) is 0 Å². The Balaban J connectivity index is 2.42. The lowest BCUT2D eigenvalue weighted by Gasteiger charge is -2.23. The number of nitrogens with zero attached hydrogens (tertiary/aromatic N) is 2. The van der Waals surface area contributed by atoms with Gasteiger partial charge in [-0.15, -0.1) is 0 Å². The fourth-order valence-electron chi connectivity index (χ4n) is 1.99. The third-order valence-electron chi connectivity index (χ3n) is 2.61. The van der Waals surface area contributed by atoms with Gasteiger partial charge in [-0.3, -0.25) is 0 Å². The molecule has 14 heavy (non-hydrogen) atoms. The summed E-state index contributed by atoms with van der Waals surface area (Å²) in [6, 6.07) is 0. The first-order valence-corrected chi connectivity index (χ1v) is 5.23. The van der Waals surface area contributed by atoms with E-state index in [1.807, 2.05) is 4.57 Å². The van der Waals surface area contributed by atoms with Crippen LogP contribution >= 0.6 is 11.6 Å². The second kappa shape index (κ2) is 3.88. The maximum absolute atomic E-state index is 8.88. The number of hydrogen-bond acceptors (Lipinski definition) is 3. The molecule has 0 spiro atoms. The van der Waals surface area contributed by atoms with Crippen LogP contribution in [-0.4, -0.2) is 21.3 Å². The lowest BCUT2D eigenvalue weighted by molar-refractivity contribution is 0.290. The maximum atomic E-state index is 8.88. The Kier molecular flexibility index (Phi) is 2.76. The Morgan fingerprint density at radius 3 is 3.14 bits per heavy atom. The van der Waals surface area contributed by atoms with Gasteiger partial charge in [0.1, 0.15) is 5.82 Å². The predicted octanol–water partition coefficient (Wildman–Crippen LogP) is 0.865. The van der Waals surface area contributed by atoms with Crippen molar-refractivity contribution in [3.05, 3.63) is 16.7 Å². The highest BCUT2D eigenvalue weighted by Crippen LogP contribution is 2.28. The Labute approximate surface area is 87.7 Å². The average molecular weight is 216 g/mol. The molecule has 3 N–H and O–H groups in total. The standard InChI is InChI=1S/C9H14ClN3O/c10-9-6-2-1-3-7(11)13(6)8(12-9)4-5-14/h7,14H,1-5,11H2. The van der Waals surface area contributed by atoms with Gasteiger partial charge in [0.2, 0.25) is 0 Å². The SMILES string of the molecule is NC1CCCc2c(Cl)nc(CCO)n21. The van der Waals surface area contributed by atoms with Crippen molar-refractivity contribution in [3.8, 4) is 0 Å². The van der Waals surface area contributed by atoms with Gasteiger partial charge in [0.05, 0.1) is 18.5 Å². The summed E-state index contributed by atoms with van der Waals surface area (Å²) in [5, 5.41) is 9.42. The van der Waals surface area contributed by atoms with Crippen LogP contribution in [0.25, 0.3) is 0 Å². The largest absolute Gasteiger partial charge is 0.396 e. The van der Waals surface area contributed by atoms with Gasteiger partial charge in [-0.25, -0.2) is 4.98 Å². The first-order valence-electron chi connectivity index (χ1n) is 4.86. The summed E-state index contributed by atoms with van der Waals surface area (Å²) >= 11 is 5.99. The van der Waals surface area contributed by atoms with Crippen molar-refractivity contribution in [2.45, 2.75) is 31.8 Å². The lowest BCUT2D eigenvalue weighted by Crippen LogP contribution is -2.26. The maximum Gasteiger partial charge on any atom is 0.150 e. The molecule has 4 nitrogen and oxygen atoms in total. The van der Waals surface area contributed by atoms with Gasteiger partial charge in [0, 0.05) is 6.42 Å². The molecular weight excluding hydrogens is 202 g/mol. The molecule has 2 heterocycles. The van der Waals surface area contributed by atoms with Gasteiger partial charge in [-0.2, -0.15) is 0 Å². The highest BCUT2D eigenvalue weighted by Gasteiger charge is 2.23. The Hall–Kier alpha value is -0.580. The third kappa shape index (κ3) is 1.54. The molecule has 1 unspecified atom stereocenters. The first kappa shape index (κ1) is 9.96. The molecule has 0 saturated heterocycles. The molecule has 1 atom stereocenters. The molecule has 1 aromatic rings. The van der Waals surface area contributed by atoms with E-state index in [0.717, 1.165) is 30.8 Å². The summed E-state index contributed by atoms with van der Waals surface area (Å²) in [5.74, 6) is 0.805. The number of aromatic nitrogens is 2. The number of aliphatic hydroxyl groups is 1. The number of imidazole rings is 1. The molecule has 0 bridgehead atoms. The van der Waals surface area contributed by atoms with Gasteiger partial charge in [0.15, 0.2) is 5.15 Å². The number of nitrogens with two attached hydrogens (primary N) is 1. The average Bonchev–Trinajstić information content (AvgIpc) is 2.46. The monoisotopic (exact) mass is 215 g/mol. The van der Waals surface area contributed by atoms with Gasteiger partial charge >= 0.3 is 0 Å². The topological polar surface area (TPSA) is 64.1 Å². The van der Waals surface area contributed by atoms with Gasteiger partial charge in [-0.1, -0.05) is 11.6 Å². The Morgan fingerprint density at radius 1 is 1.64 bits per heavy atom. The van der Waals surface area contributed by atoms with Crippen molar-refractivity contribution in [1.82, 2.24) is 9.55 Å². The van der Waals surface area contributed by atoms with E-state index >= 15 is 0 Å². The van der Waals surface area contributed by atoms with E-state index in [1.54, 1.807) is 0 Å². The van der Waals surface area contributed by atoms with Gasteiger partial charge < -0.3 is 15.4 Å². The van der Waals surface area contributed by atoms with E-state index in [4.69, 9.17) is 22.4 Å². The third-order valence-corrected chi connectivity index (χ3v) is 2.92. The summed E-state index contributed by atoms with van der Waals surface area (Å²) in [6.45, 7) is 0.0828.